The van der Waals surface area contributed by atoms with Crippen molar-refractivity contribution in [2.24, 2.45) is 0 Å². The molecular formula is C21H27NO3. The molecule has 1 N–H and O–H groups in total. The van der Waals surface area contributed by atoms with Gasteiger partial charge >= 0.3 is 0 Å². The van der Waals surface area contributed by atoms with Crippen molar-refractivity contribution in [3.05, 3.63) is 54.1 Å². The van der Waals surface area contributed by atoms with E-state index >= 15 is 0 Å². The van der Waals surface area contributed by atoms with Gasteiger partial charge in [-0.3, -0.25) is 4.79 Å². The molecule has 0 aromatic heterocycles. The molecule has 4 heteroatoms. The second-order valence-electron chi connectivity index (χ2n) is 6.29. The Morgan fingerprint density at radius 1 is 1.04 bits per heavy atom. The van der Waals surface area contributed by atoms with Crippen molar-refractivity contribution in [1.82, 2.24) is 0 Å². The molecule has 0 aliphatic carbocycles. The summed E-state index contributed by atoms with van der Waals surface area (Å²) in [6, 6.07) is 15.2. The highest BCUT2D eigenvalue weighted by atomic mass is 16.5. The molecule has 0 saturated carbocycles. The summed E-state index contributed by atoms with van der Waals surface area (Å²) in [7, 11) is 0. The van der Waals surface area contributed by atoms with Crippen LogP contribution in [-0.2, 0) is 4.79 Å². The van der Waals surface area contributed by atoms with Gasteiger partial charge in [-0.15, -0.1) is 0 Å². The van der Waals surface area contributed by atoms with E-state index in [-0.39, 0.29) is 12.5 Å². The lowest BCUT2D eigenvalue weighted by molar-refractivity contribution is -0.118. The third kappa shape index (κ3) is 6.49. The number of amides is 1. The average molecular weight is 341 g/mol. The zero-order valence-electron chi connectivity index (χ0n) is 15.2. The van der Waals surface area contributed by atoms with E-state index in [1.54, 1.807) is 0 Å². The van der Waals surface area contributed by atoms with Crippen molar-refractivity contribution >= 4 is 11.6 Å². The topological polar surface area (TPSA) is 47.6 Å². The van der Waals surface area contributed by atoms with Crippen molar-refractivity contribution in [2.45, 2.75) is 39.5 Å². The maximum atomic E-state index is 12.1. The van der Waals surface area contributed by atoms with E-state index in [9.17, 15) is 4.79 Å². The zero-order chi connectivity index (χ0) is 18.1. The third-order valence-corrected chi connectivity index (χ3v) is 3.80. The van der Waals surface area contributed by atoms with Crippen LogP contribution in [-0.4, -0.2) is 19.1 Å². The van der Waals surface area contributed by atoms with Crippen molar-refractivity contribution < 1.29 is 14.3 Å². The molecule has 4 nitrogen and oxygen atoms in total. The Hall–Kier alpha value is -2.49. The van der Waals surface area contributed by atoms with E-state index < -0.39 is 0 Å². The summed E-state index contributed by atoms with van der Waals surface area (Å²) in [5.41, 5.74) is 1.95. The molecule has 0 aliphatic rings. The summed E-state index contributed by atoms with van der Waals surface area (Å²) in [6.07, 6.45) is 2.10. The van der Waals surface area contributed by atoms with Crippen molar-refractivity contribution in [1.29, 1.82) is 0 Å². The van der Waals surface area contributed by atoms with Gasteiger partial charge in [-0.05, 0) is 42.2 Å². The van der Waals surface area contributed by atoms with E-state index in [4.69, 9.17) is 9.47 Å². The number of ether oxygens (including phenoxy) is 2. The number of carbonyl (C=O) groups is 1. The van der Waals surface area contributed by atoms with Gasteiger partial charge in [0.25, 0.3) is 5.91 Å². The highest BCUT2D eigenvalue weighted by molar-refractivity contribution is 5.92. The second-order valence-corrected chi connectivity index (χ2v) is 6.29. The molecule has 0 unspecified atom stereocenters. The minimum atomic E-state index is -0.196. The smallest absolute Gasteiger partial charge is 0.262 e. The van der Waals surface area contributed by atoms with Crippen LogP contribution in [0.5, 0.6) is 11.5 Å². The van der Waals surface area contributed by atoms with Gasteiger partial charge in [0, 0.05) is 11.8 Å². The highest BCUT2D eigenvalue weighted by Crippen LogP contribution is 2.19. The number of nitrogens with one attached hydrogen (secondary N) is 1. The summed E-state index contributed by atoms with van der Waals surface area (Å²) in [5.74, 6) is 1.73. The van der Waals surface area contributed by atoms with Gasteiger partial charge in [0.15, 0.2) is 6.61 Å². The summed E-state index contributed by atoms with van der Waals surface area (Å²) < 4.78 is 11.2. The first kappa shape index (κ1) is 18.8. The molecule has 1 amide bonds. The predicted molar refractivity (Wildman–Crippen MR) is 102 cm³/mol. The van der Waals surface area contributed by atoms with Crippen LogP contribution in [0.4, 0.5) is 5.69 Å². The molecule has 2 rings (SSSR count). The second kappa shape index (κ2) is 9.72. The lowest BCUT2D eigenvalue weighted by Gasteiger charge is -2.10. The van der Waals surface area contributed by atoms with E-state index in [1.807, 2.05) is 48.5 Å². The molecule has 0 fully saturated rings. The Labute approximate surface area is 150 Å². The maximum absolute atomic E-state index is 12.1. The Balaban J connectivity index is 1.82. The van der Waals surface area contributed by atoms with Crippen LogP contribution in [0.15, 0.2) is 48.5 Å². The lowest BCUT2D eigenvalue weighted by atomic mass is 10.0. The maximum Gasteiger partial charge on any atom is 0.262 e. The quantitative estimate of drug-likeness (QED) is 0.652. The number of benzene rings is 2. The molecule has 0 heterocycles. The van der Waals surface area contributed by atoms with Gasteiger partial charge in [0.05, 0.1) is 6.61 Å². The molecule has 0 atom stereocenters. The Morgan fingerprint density at radius 2 is 1.80 bits per heavy atom. The van der Waals surface area contributed by atoms with Gasteiger partial charge in [-0.1, -0.05) is 45.4 Å². The van der Waals surface area contributed by atoms with Gasteiger partial charge in [0.1, 0.15) is 11.5 Å². The molecule has 0 spiro atoms. The number of carbonyl (C=O) groups excluding carboxylic acids is 1. The number of anilines is 1. The number of unbranched alkanes of at least 4 members (excludes halogenated alkanes) is 1. The summed E-state index contributed by atoms with van der Waals surface area (Å²) in [6.45, 7) is 7.06. The van der Waals surface area contributed by atoms with Crippen LogP contribution < -0.4 is 14.8 Å². The van der Waals surface area contributed by atoms with Crippen molar-refractivity contribution in [3.63, 3.8) is 0 Å². The van der Waals surface area contributed by atoms with Gasteiger partial charge in [-0.2, -0.15) is 0 Å². The molecule has 2 aromatic rings. The van der Waals surface area contributed by atoms with Crippen LogP contribution in [0, 0.1) is 0 Å². The summed E-state index contributed by atoms with van der Waals surface area (Å²) in [5, 5.41) is 2.83. The molecule has 0 saturated heterocycles. The Kier molecular flexibility index (Phi) is 7.33. The van der Waals surface area contributed by atoms with Crippen LogP contribution in [0.3, 0.4) is 0 Å². The standard InChI is InChI=1S/C21H27NO3/c1-4-5-13-24-20-8-6-7-18(14-20)22-21(23)15-25-19-11-9-17(10-12-19)16(2)3/h6-12,14,16H,4-5,13,15H2,1-3H3,(H,22,23). The fourth-order valence-electron chi connectivity index (χ4n) is 2.29. The van der Waals surface area contributed by atoms with Crippen LogP contribution in [0.1, 0.15) is 45.1 Å². The minimum absolute atomic E-state index is 0.0258. The molecule has 25 heavy (non-hydrogen) atoms. The average Bonchev–Trinajstić information content (AvgIpc) is 2.61. The molecule has 0 aliphatic heterocycles. The lowest BCUT2D eigenvalue weighted by Crippen LogP contribution is -2.20. The van der Waals surface area contributed by atoms with Gasteiger partial charge in [-0.25, -0.2) is 0 Å². The minimum Gasteiger partial charge on any atom is -0.494 e. The zero-order valence-corrected chi connectivity index (χ0v) is 15.2. The monoisotopic (exact) mass is 341 g/mol. The number of rotatable bonds is 9. The summed E-state index contributed by atoms with van der Waals surface area (Å²) in [4.78, 5) is 12.1. The van der Waals surface area contributed by atoms with Gasteiger partial charge < -0.3 is 14.8 Å². The third-order valence-electron chi connectivity index (χ3n) is 3.80. The van der Waals surface area contributed by atoms with Crippen LogP contribution in [0.2, 0.25) is 0 Å². The summed E-state index contributed by atoms with van der Waals surface area (Å²) >= 11 is 0. The first-order valence-corrected chi connectivity index (χ1v) is 8.84. The molecular weight excluding hydrogens is 314 g/mol. The molecule has 0 bridgehead atoms. The van der Waals surface area contributed by atoms with E-state index in [2.05, 4.69) is 26.1 Å². The Morgan fingerprint density at radius 3 is 2.48 bits per heavy atom. The first-order valence-electron chi connectivity index (χ1n) is 8.84. The highest BCUT2D eigenvalue weighted by Gasteiger charge is 2.06. The largest absolute Gasteiger partial charge is 0.494 e. The van der Waals surface area contributed by atoms with Gasteiger partial charge in [0.2, 0.25) is 0 Å². The fraction of sp³-hybridized carbons (Fsp3) is 0.381. The first-order chi connectivity index (χ1) is 12.1. The van der Waals surface area contributed by atoms with Crippen molar-refractivity contribution in [2.75, 3.05) is 18.5 Å². The van der Waals surface area contributed by atoms with E-state index in [0.29, 0.717) is 24.0 Å². The molecule has 134 valence electrons. The molecule has 2 aromatic carbocycles. The number of hydrogen-bond donors (Lipinski definition) is 1. The van der Waals surface area contributed by atoms with Crippen molar-refractivity contribution in [3.8, 4) is 11.5 Å². The van der Waals surface area contributed by atoms with Crippen LogP contribution >= 0.6 is 0 Å². The fourth-order valence-corrected chi connectivity index (χ4v) is 2.29. The van der Waals surface area contributed by atoms with Crippen LogP contribution in [0.25, 0.3) is 0 Å². The SMILES string of the molecule is CCCCOc1cccc(NC(=O)COc2ccc(C(C)C)cc2)c1. The van der Waals surface area contributed by atoms with E-state index in [0.717, 1.165) is 18.6 Å². The normalized spacial score (nSPS) is 10.6. The molecule has 0 radical (unpaired) electrons. The van der Waals surface area contributed by atoms with E-state index in [1.165, 1.54) is 5.56 Å². The Bertz CT molecular complexity index is 665. The predicted octanol–water partition coefficient (Wildman–Crippen LogP) is 5.01. The number of hydrogen-bond acceptors (Lipinski definition) is 3.